The first-order chi connectivity index (χ1) is 14.2. The number of hydrogen-bond donors (Lipinski definition) is 0. The lowest BCUT2D eigenvalue weighted by molar-refractivity contribution is -0.457. The molecule has 29 heavy (non-hydrogen) atoms. The molecule has 1 aromatic carbocycles. The predicted octanol–water partition coefficient (Wildman–Crippen LogP) is 4.11. The highest BCUT2D eigenvalue weighted by atomic mass is 17.0. The van der Waals surface area contributed by atoms with Crippen LogP contribution in [0.3, 0.4) is 0 Å². The molecular weight excluding hydrogens is 370 g/mol. The summed E-state index contributed by atoms with van der Waals surface area (Å²) in [7, 11) is 1.42. The molecule has 2 heterocycles. The third-order valence-electron chi connectivity index (χ3n) is 7.47. The van der Waals surface area contributed by atoms with Gasteiger partial charge in [0.15, 0.2) is 12.4 Å². The lowest BCUT2D eigenvalue weighted by atomic mass is 9.80. The predicted molar refractivity (Wildman–Crippen MR) is 105 cm³/mol. The Bertz CT molecular complexity index is 727. The zero-order valence-electron chi connectivity index (χ0n) is 17.1. The normalized spacial score (nSPS) is 39.7. The van der Waals surface area contributed by atoms with Gasteiger partial charge in [-0.1, -0.05) is 54.8 Å². The second-order valence-corrected chi connectivity index (χ2v) is 8.96. The summed E-state index contributed by atoms with van der Waals surface area (Å²) in [5, 5.41) is 1.63. The van der Waals surface area contributed by atoms with Crippen molar-refractivity contribution < 1.29 is 23.9 Å². The molecule has 5 rings (SSSR count). The second-order valence-electron chi connectivity index (χ2n) is 8.96. The van der Waals surface area contributed by atoms with Gasteiger partial charge in [0.2, 0.25) is 0 Å². The van der Waals surface area contributed by atoms with Crippen molar-refractivity contribution in [1.29, 1.82) is 0 Å². The SMILES string of the molecule is COC(=O)[C@H]1ON2O[C@H](O[C@@H]3CCCC[C@H]3c3ccccc3)CC[C@]23CCC[C@H]13. The van der Waals surface area contributed by atoms with E-state index in [-0.39, 0.29) is 29.8 Å². The molecule has 2 aliphatic carbocycles. The van der Waals surface area contributed by atoms with Crippen molar-refractivity contribution >= 4 is 5.97 Å². The van der Waals surface area contributed by atoms with Crippen molar-refractivity contribution in [3.63, 3.8) is 0 Å². The van der Waals surface area contributed by atoms with Crippen molar-refractivity contribution in [3.8, 4) is 0 Å². The monoisotopic (exact) mass is 401 g/mol. The van der Waals surface area contributed by atoms with E-state index in [1.54, 1.807) is 5.23 Å². The standard InChI is InChI=1S/C23H31NO5/c1-26-22(25)21-18-11-7-14-23(18)15-13-20(28-24(23)29-21)27-19-12-6-5-10-17(19)16-8-3-2-4-9-16/h2-4,8-9,17-21H,5-7,10-15H2,1H3/t17-,18+,19+,20-,21-,23-/m0/s1. The van der Waals surface area contributed by atoms with Gasteiger partial charge in [-0.15, -0.1) is 0 Å². The lowest BCUT2D eigenvalue weighted by Gasteiger charge is -2.43. The molecule has 2 saturated heterocycles. The molecule has 2 saturated carbocycles. The summed E-state index contributed by atoms with van der Waals surface area (Å²) < 4.78 is 11.5. The summed E-state index contributed by atoms with van der Waals surface area (Å²) in [5.41, 5.74) is 1.15. The van der Waals surface area contributed by atoms with Crippen LogP contribution in [0.4, 0.5) is 0 Å². The molecule has 0 unspecified atom stereocenters. The van der Waals surface area contributed by atoms with Gasteiger partial charge in [0.25, 0.3) is 0 Å². The summed E-state index contributed by atoms with van der Waals surface area (Å²) >= 11 is 0. The Balaban J connectivity index is 1.29. The number of nitrogens with zero attached hydrogens (tertiary/aromatic N) is 1. The maximum Gasteiger partial charge on any atom is 0.337 e. The third kappa shape index (κ3) is 3.40. The van der Waals surface area contributed by atoms with Crippen LogP contribution in [0.1, 0.15) is 69.3 Å². The Morgan fingerprint density at radius 1 is 1.03 bits per heavy atom. The Labute approximate surface area is 172 Å². The minimum absolute atomic E-state index is 0.141. The van der Waals surface area contributed by atoms with Crippen LogP contribution in [0.15, 0.2) is 30.3 Å². The maximum atomic E-state index is 12.2. The van der Waals surface area contributed by atoms with E-state index in [0.29, 0.717) is 5.92 Å². The van der Waals surface area contributed by atoms with Crippen LogP contribution < -0.4 is 0 Å². The molecule has 158 valence electrons. The summed E-state index contributed by atoms with van der Waals surface area (Å²) in [6, 6.07) is 10.7. The first kappa shape index (κ1) is 19.5. The average molecular weight is 402 g/mol. The second kappa shape index (κ2) is 7.99. The van der Waals surface area contributed by atoms with E-state index in [0.717, 1.165) is 44.9 Å². The van der Waals surface area contributed by atoms with E-state index in [1.807, 2.05) is 0 Å². The van der Waals surface area contributed by atoms with Gasteiger partial charge in [0.1, 0.15) is 0 Å². The van der Waals surface area contributed by atoms with Crippen LogP contribution in [0.5, 0.6) is 0 Å². The molecule has 0 aromatic heterocycles. The number of methoxy groups -OCH3 is 1. The Morgan fingerprint density at radius 3 is 2.69 bits per heavy atom. The number of carbonyl (C=O) groups is 1. The van der Waals surface area contributed by atoms with Gasteiger partial charge in [-0.3, -0.25) is 4.84 Å². The molecule has 6 nitrogen and oxygen atoms in total. The van der Waals surface area contributed by atoms with Crippen LogP contribution in [0.25, 0.3) is 0 Å². The summed E-state index contributed by atoms with van der Waals surface area (Å²) in [4.78, 5) is 24.4. The van der Waals surface area contributed by atoms with Crippen molar-refractivity contribution in [2.75, 3.05) is 7.11 Å². The quantitative estimate of drug-likeness (QED) is 0.708. The Hall–Kier alpha value is -1.47. The summed E-state index contributed by atoms with van der Waals surface area (Å²) in [6.45, 7) is 0. The van der Waals surface area contributed by atoms with E-state index in [9.17, 15) is 4.79 Å². The molecule has 4 fully saturated rings. The minimum atomic E-state index is -0.562. The molecule has 0 radical (unpaired) electrons. The topological polar surface area (TPSA) is 57.2 Å². The molecule has 0 amide bonds. The van der Waals surface area contributed by atoms with Gasteiger partial charge in [0.05, 0.1) is 18.8 Å². The molecule has 1 aromatic rings. The van der Waals surface area contributed by atoms with Crippen LogP contribution in [-0.2, 0) is 23.9 Å². The van der Waals surface area contributed by atoms with Crippen LogP contribution >= 0.6 is 0 Å². The minimum Gasteiger partial charge on any atom is -0.467 e. The third-order valence-corrected chi connectivity index (χ3v) is 7.47. The maximum absolute atomic E-state index is 12.2. The average Bonchev–Trinajstić information content (AvgIpc) is 3.31. The number of hydrogen-bond acceptors (Lipinski definition) is 6. The van der Waals surface area contributed by atoms with E-state index >= 15 is 0 Å². The molecule has 6 heteroatoms. The van der Waals surface area contributed by atoms with Gasteiger partial charge in [-0.25, -0.2) is 9.63 Å². The fourth-order valence-corrected chi connectivity index (χ4v) is 6.03. The lowest BCUT2D eigenvalue weighted by Crippen LogP contribution is -2.52. The van der Waals surface area contributed by atoms with Crippen LogP contribution in [0, 0.1) is 5.92 Å². The van der Waals surface area contributed by atoms with Gasteiger partial charge in [-0.05, 0) is 37.7 Å². The number of benzene rings is 1. The van der Waals surface area contributed by atoms with E-state index < -0.39 is 6.10 Å². The van der Waals surface area contributed by atoms with Gasteiger partial charge >= 0.3 is 5.97 Å². The fourth-order valence-electron chi connectivity index (χ4n) is 6.03. The number of ether oxygens (including phenoxy) is 2. The molecular formula is C23H31NO5. The highest BCUT2D eigenvalue weighted by Gasteiger charge is 2.63. The van der Waals surface area contributed by atoms with E-state index in [4.69, 9.17) is 19.1 Å². The smallest absolute Gasteiger partial charge is 0.337 e. The van der Waals surface area contributed by atoms with Gasteiger partial charge in [0, 0.05) is 18.3 Å². The molecule has 2 aliphatic heterocycles. The Kier molecular flexibility index (Phi) is 5.37. The Morgan fingerprint density at radius 2 is 1.86 bits per heavy atom. The fraction of sp³-hybridized carbons (Fsp3) is 0.696. The number of rotatable bonds is 4. The molecule has 6 atom stereocenters. The number of carbonyl (C=O) groups excluding carboxylic acids is 1. The number of esters is 1. The van der Waals surface area contributed by atoms with Crippen molar-refractivity contribution in [2.24, 2.45) is 5.92 Å². The van der Waals surface area contributed by atoms with Crippen molar-refractivity contribution in [1.82, 2.24) is 5.23 Å². The first-order valence-corrected chi connectivity index (χ1v) is 11.1. The van der Waals surface area contributed by atoms with Crippen LogP contribution in [0.2, 0.25) is 0 Å². The highest BCUT2D eigenvalue weighted by molar-refractivity contribution is 5.75. The van der Waals surface area contributed by atoms with Crippen molar-refractivity contribution in [2.45, 2.75) is 87.7 Å². The van der Waals surface area contributed by atoms with Crippen LogP contribution in [-0.4, -0.2) is 42.3 Å². The van der Waals surface area contributed by atoms with Crippen molar-refractivity contribution in [3.05, 3.63) is 35.9 Å². The van der Waals surface area contributed by atoms with Gasteiger partial charge in [-0.2, -0.15) is 0 Å². The number of hydroxylamine groups is 2. The largest absolute Gasteiger partial charge is 0.467 e. The molecule has 0 N–H and O–H groups in total. The first-order valence-electron chi connectivity index (χ1n) is 11.1. The van der Waals surface area contributed by atoms with E-state index in [1.165, 1.54) is 25.5 Å². The zero-order chi connectivity index (χ0) is 19.8. The summed E-state index contributed by atoms with van der Waals surface area (Å²) in [6.07, 6.45) is 8.73. The highest BCUT2D eigenvalue weighted by Crippen LogP contribution is 2.54. The van der Waals surface area contributed by atoms with Gasteiger partial charge < -0.3 is 9.47 Å². The molecule has 4 aliphatic rings. The zero-order valence-corrected chi connectivity index (χ0v) is 17.1. The molecule has 0 bridgehead atoms. The van der Waals surface area contributed by atoms with E-state index in [2.05, 4.69) is 30.3 Å². The summed E-state index contributed by atoms with van der Waals surface area (Å²) in [5.74, 6) is 0.247. The molecule has 1 spiro atoms.